The molecule has 0 saturated carbocycles. The maximum absolute atomic E-state index is 12.6. The number of rotatable bonds is 4. The Labute approximate surface area is 171 Å². The van der Waals surface area contributed by atoms with Gasteiger partial charge >= 0.3 is 0 Å². The second-order valence-corrected chi connectivity index (χ2v) is 7.10. The molecule has 1 saturated heterocycles. The standard InChI is InChI=1S/C23H26N2O4/c1-27-20-7-5-19(6-8-20)24-11-13-25(14-12-24)23(26)10-4-18-3-9-21-22(17-18)29-16-2-15-28-21/h3-10,17H,2,11-16H2,1H3. The molecule has 29 heavy (non-hydrogen) atoms. The van der Waals surface area contributed by atoms with E-state index < -0.39 is 0 Å². The highest BCUT2D eigenvalue weighted by Gasteiger charge is 2.20. The maximum atomic E-state index is 12.6. The van der Waals surface area contributed by atoms with Crippen LogP contribution in [0.4, 0.5) is 5.69 Å². The first-order valence-electron chi connectivity index (χ1n) is 9.98. The molecule has 6 heteroatoms. The van der Waals surface area contributed by atoms with Gasteiger partial charge in [-0.2, -0.15) is 0 Å². The van der Waals surface area contributed by atoms with Crippen LogP contribution in [0.15, 0.2) is 48.5 Å². The zero-order chi connectivity index (χ0) is 20.1. The molecule has 0 bridgehead atoms. The third kappa shape index (κ3) is 4.65. The van der Waals surface area contributed by atoms with Crippen molar-refractivity contribution in [1.29, 1.82) is 0 Å². The Bertz CT molecular complexity index is 871. The summed E-state index contributed by atoms with van der Waals surface area (Å²) >= 11 is 0. The number of fused-ring (bicyclic) bond motifs is 1. The van der Waals surface area contributed by atoms with Gasteiger partial charge in [-0.15, -0.1) is 0 Å². The molecule has 152 valence electrons. The molecular weight excluding hydrogens is 368 g/mol. The van der Waals surface area contributed by atoms with E-state index in [0.29, 0.717) is 26.3 Å². The normalized spacial score (nSPS) is 16.6. The lowest BCUT2D eigenvalue weighted by Crippen LogP contribution is -2.48. The van der Waals surface area contributed by atoms with E-state index in [0.717, 1.165) is 48.0 Å². The predicted octanol–water partition coefficient (Wildman–Crippen LogP) is 3.22. The number of ether oxygens (including phenoxy) is 3. The predicted molar refractivity (Wildman–Crippen MR) is 113 cm³/mol. The molecule has 2 aromatic carbocycles. The molecule has 0 unspecified atom stereocenters. The molecule has 2 aliphatic heterocycles. The monoisotopic (exact) mass is 394 g/mol. The molecule has 0 spiro atoms. The highest BCUT2D eigenvalue weighted by atomic mass is 16.5. The third-order valence-corrected chi connectivity index (χ3v) is 5.22. The molecule has 4 rings (SSSR count). The highest BCUT2D eigenvalue weighted by molar-refractivity contribution is 5.92. The lowest BCUT2D eigenvalue weighted by molar-refractivity contribution is -0.126. The van der Waals surface area contributed by atoms with Crippen LogP contribution in [-0.2, 0) is 4.79 Å². The number of piperazine rings is 1. The number of hydrogen-bond donors (Lipinski definition) is 0. The van der Waals surface area contributed by atoms with Crippen molar-refractivity contribution in [3.8, 4) is 17.2 Å². The van der Waals surface area contributed by atoms with Gasteiger partial charge in [0.05, 0.1) is 20.3 Å². The zero-order valence-corrected chi connectivity index (χ0v) is 16.7. The van der Waals surface area contributed by atoms with Crippen molar-refractivity contribution in [2.45, 2.75) is 6.42 Å². The van der Waals surface area contributed by atoms with Crippen LogP contribution < -0.4 is 19.1 Å². The Morgan fingerprint density at radius 1 is 0.966 bits per heavy atom. The van der Waals surface area contributed by atoms with E-state index in [1.807, 2.05) is 41.3 Å². The number of hydrogen-bond acceptors (Lipinski definition) is 5. The van der Waals surface area contributed by atoms with Gasteiger partial charge < -0.3 is 24.0 Å². The fourth-order valence-corrected chi connectivity index (χ4v) is 3.53. The van der Waals surface area contributed by atoms with Crippen molar-refractivity contribution in [2.75, 3.05) is 51.4 Å². The second-order valence-electron chi connectivity index (χ2n) is 7.10. The molecule has 2 aromatic rings. The number of benzene rings is 2. The SMILES string of the molecule is COc1ccc(N2CCN(C(=O)C=Cc3ccc4c(c3)OCCCO4)CC2)cc1. The van der Waals surface area contributed by atoms with Crippen LogP contribution in [0.3, 0.4) is 0 Å². The first kappa shape index (κ1) is 19.2. The first-order chi connectivity index (χ1) is 14.2. The minimum absolute atomic E-state index is 0.0338. The molecule has 0 N–H and O–H groups in total. The van der Waals surface area contributed by atoms with Gasteiger partial charge in [-0.05, 0) is 48.0 Å². The average Bonchev–Trinajstić information content (AvgIpc) is 3.02. The molecule has 0 atom stereocenters. The smallest absolute Gasteiger partial charge is 0.246 e. The van der Waals surface area contributed by atoms with E-state index in [4.69, 9.17) is 14.2 Å². The van der Waals surface area contributed by atoms with E-state index in [1.165, 1.54) is 0 Å². The van der Waals surface area contributed by atoms with Gasteiger partial charge in [0, 0.05) is 44.4 Å². The lowest BCUT2D eigenvalue weighted by atomic mass is 10.1. The van der Waals surface area contributed by atoms with Gasteiger partial charge in [-0.1, -0.05) is 6.07 Å². The molecule has 1 fully saturated rings. The van der Waals surface area contributed by atoms with E-state index in [2.05, 4.69) is 17.0 Å². The Hall–Kier alpha value is -3.15. The minimum atomic E-state index is 0.0338. The van der Waals surface area contributed by atoms with E-state index in [-0.39, 0.29) is 5.91 Å². The van der Waals surface area contributed by atoms with Crippen molar-refractivity contribution in [3.05, 3.63) is 54.1 Å². The van der Waals surface area contributed by atoms with E-state index in [1.54, 1.807) is 13.2 Å². The fourth-order valence-electron chi connectivity index (χ4n) is 3.53. The van der Waals surface area contributed by atoms with Crippen molar-refractivity contribution >= 4 is 17.7 Å². The molecule has 0 aromatic heterocycles. The van der Waals surface area contributed by atoms with Crippen molar-refractivity contribution < 1.29 is 19.0 Å². The summed E-state index contributed by atoms with van der Waals surface area (Å²) < 4.78 is 16.6. The summed E-state index contributed by atoms with van der Waals surface area (Å²) in [5, 5.41) is 0. The van der Waals surface area contributed by atoms with Crippen LogP contribution in [0.5, 0.6) is 17.2 Å². The first-order valence-corrected chi connectivity index (χ1v) is 9.98. The number of nitrogens with zero attached hydrogens (tertiary/aromatic N) is 2. The Morgan fingerprint density at radius 3 is 2.41 bits per heavy atom. The summed E-state index contributed by atoms with van der Waals surface area (Å²) in [5.41, 5.74) is 2.08. The number of amides is 1. The number of methoxy groups -OCH3 is 1. The quantitative estimate of drug-likeness (QED) is 0.746. The molecule has 0 aliphatic carbocycles. The molecule has 6 nitrogen and oxygen atoms in total. The highest BCUT2D eigenvalue weighted by Crippen LogP contribution is 2.30. The molecule has 0 radical (unpaired) electrons. The van der Waals surface area contributed by atoms with Gasteiger partial charge in [-0.3, -0.25) is 4.79 Å². The van der Waals surface area contributed by atoms with Crippen LogP contribution in [-0.4, -0.2) is 57.3 Å². The molecule has 2 aliphatic rings. The molecule has 2 heterocycles. The van der Waals surface area contributed by atoms with Crippen molar-refractivity contribution in [3.63, 3.8) is 0 Å². The van der Waals surface area contributed by atoms with Crippen molar-refractivity contribution in [1.82, 2.24) is 4.90 Å². The van der Waals surface area contributed by atoms with Crippen LogP contribution >= 0.6 is 0 Å². The summed E-state index contributed by atoms with van der Waals surface area (Å²) in [4.78, 5) is 16.8. The zero-order valence-electron chi connectivity index (χ0n) is 16.7. The minimum Gasteiger partial charge on any atom is -0.497 e. The summed E-state index contributed by atoms with van der Waals surface area (Å²) in [6.45, 7) is 4.36. The number of anilines is 1. The van der Waals surface area contributed by atoms with Gasteiger partial charge in [-0.25, -0.2) is 0 Å². The lowest BCUT2D eigenvalue weighted by Gasteiger charge is -2.35. The summed E-state index contributed by atoms with van der Waals surface area (Å²) in [5.74, 6) is 2.39. The summed E-state index contributed by atoms with van der Waals surface area (Å²) in [6.07, 6.45) is 4.36. The maximum Gasteiger partial charge on any atom is 0.246 e. The van der Waals surface area contributed by atoms with Gasteiger partial charge in [0.2, 0.25) is 5.91 Å². The van der Waals surface area contributed by atoms with Crippen LogP contribution in [0, 0.1) is 0 Å². The van der Waals surface area contributed by atoms with Gasteiger partial charge in [0.15, 0.2) is 11.5 Å². The Balaban J connectivity index is 1.33. The largest absolute Gasteiger partial charge is 0.497 e. The summed E-state index contributed by atoms with van der Waals surface area (Å²) in [6, 6.07) is 13.8. The third-order valence-electron chi connectivity index (χ3n) is 5.22. The summed E-state index contributed by atoms with van der Waals surface area (Å²) in [7, 11) is 1.67. The van der Waals surface area contributed by atoms with Crippen LogP contribution in [0.2, 0.25) is 0 Å². The number of carbonyl (C=O) groups is 1. The molecular formula is C23H26N2O4. The van der Waals surface area contributed by atoms with Crippen LogP contribution in [0.1, 0.15) is 12.0 Å². The second kappa shape index (κ2) is 8.90. The van der Waals surface area contributed by atoms with Gasteiger partial charge in [0.1, 0.15) is 5.75 Å². The van der Waals surface area contributed by atoms with E-state index in [9.17, 15) is 4.79 Å². The topological polar surface area (TPSA) is 51.2 Å². The van der Waals surface area contributed by atoms with Crippen LogP contribution in [0.25, 0.3) is 6.08 Å². The Kier molecular flexibility index (Phi) is 5.89. The van der Waals surface area contributed by atoms with Gasteiger partial charge in [0.25, 0.3) is 0 Å². The fraction of sp³-hybridized carbons (Fsp3) is 0.348. The number of carbonyl (C=O) groups excluding carboxylic acids is 1. The molecule has 1 amide bonds. The van der Waals surface area contributed by atoms with E-state index >= 15 is 0 Å². The Morgan fingerprint density at radius 2 is 1.69 bits per heavy atom. The van der Waals surface area contributed by atoms with Crippen molar-refractivity contribution in [2.24, 2.45) is 0 Å². The average molecular weight is 394 g/mol.